The molecule has 1 aliphatic rings. The number of methoxy groups -OCH3 is 1. The van der Waals surface area contributed by atoms with Crippen LogP contribution in [0.25, 0.3) is 0 Å². The summed E-state index contributed by atoms with van der Waals surface area (Å²) in [6, 6.07) is 5.52. The molecule has 2 rings (SSSR count). The van der Waals surface area contributed by atoms with Crippen LogP contribution in [0.1, 0.15) is 56.1 Å². The van der Waals surface area contributed by atoms with Crippen molar-refractivity contribution in [2.75, 3.05) is 13.7 Å². The van der Waals surface area contributed by atoms with Gasteiger partial charge >= 0.3 is 0 Å². The Bertz CT molecular complexity index is 441. The predicted molar refractivity (Wildman–Crippen MR) is 84.9 cm³/mol. The number of hydrogen-bond acceptors (Lipinski definition) is 2. The molecule has 0 unspecified atom stereocenters. The molecule has 1 fully saturated rings. The summed E-state index contributed by atoms with van der Waals surface area (Å²) in [7, 11) is 1.84. The summed E-state index contributed by atoms with van der Waals surface area (Å²) in [4.78, 5) is 0. The lowest BCUT2D eigenvalue weighted by Crippen LogP contribution is -2.34. The van der Waals surface area contributed by atoms with Gasteiger partial charge in [0.1, 0.15) is 5.82 Å². The van der Waals surface area contributed by atoms with Gasteiger partial charge in [0.25, 0.3) is 0 Å². The minimum absolute atomic E-state index is 0.0457. The van der Waals surface area contributed by atoms with E-state index >= 15 is 0 Å². The van der Waals surface area contributed by atoms with Crippen LogP contribution in [-0.2, 0) is 17.6 Å². The molecule has 0 heterocycles. The highest BCUT2D eigenvalue weighted by Crippen LogP contribution is 2.35. The topological polar surface area (TPSA) is 35.2 Å². The van der Waals surface area contributed by atoms with Crippen molar-refractivity contribution >= 4 is 0 Å². The second kappa shape index (κ2) is 7.90. The van der Waals surface area contributed by atoms with Gasteiger partial charge in [-0.3, -0.25) is 0 Å². The van der Waals surface area contributed by atoms with E-state index in [0.29, 0.717) is 6.54 Å². The minimum Gasteiger partial charge on any atom is -0.378 e. The van der Waals surface area contributed by atoms with Gasteiger partial charge in [-0.15, -0.1) is 0 Å². The predicted octanol–water partition coefficient (Wildman–Crippen LogP) is 4.00. The van der Waals surface area contributed by atoms with E-state index in [1.54, 1.807) is 6.07 Å². The van der Waals surface area contributed by atoms with E-state index in [9.17, 15) is 4.39 Å². The highest BCUT2D eigenvalue weighted by atomic mass is 19.1. The lowest BCUT2D eigenvalue weighted by molar-refractivity contribution is -0.0451. The molecule has 118 valence electrons. The molecule has 1 aliphatic carbocycles. The fourth-order valence-electron chi connectivity index (χ4n) is 3.39. The second-order valence-corrected chi connectivity index (χ2v) is 6.27. The summed E-state index contributed by atoms with van der Waals surface area (Å²) >= 11 is 0. The average Bonchev–Trinajstić information content (AvgIpc) is 2.54. The van der Waals surface area contributed by atoms with Gasteiger partial charge in [-0.1, -0.05) is 31.4 Å². The second-order valence-electron chi connectivity index (χ2n) is 6.27. The summed E-state index contributed by atoms with van der Waals surface area (Å²) in [5, 5.41) is 0. The number of rotatable bonds is 7. The quantitative estimate of drug-likeness (QED) is 0.824. The molecule has 1 saturated carbocycles. The van der Waals surface area contributed by atoms with Crippen molar-refractivity contribution in [2.24, 2.45) is 5.73 Å². The molecular weight excluding hydrogens is 265 g/mol. The normalized spacial score (nSPS) is 17.9. The van der Waals surface area contributed by atoms with Crippen molar-refractivity contribution in [3.05, 3.63) is 35.1 Å². The number of hydrogen-bond donors (Lipinski definition) is 1. The first-order valence-electron chi connectivity index (χ1n) is 8.22. The summed E-state index contributed by atoms with van der Waals surface area (Å²) in [6.45, 7) is 0.608. The van der Waals surface area contributed by atoms with Gasteiger partial charge in [-0.2, -0.15) is 0 Å². The molecule has 2 N–H and O–H groups in total. The Morgan fingerprint density at radius 3 is 2.62 bits per heavy atom. The van der Waals surface area contributed by atoms with E-state index < -0.39 is 0 Å². The summed E-state index contributed by atoms with van der Waals surface area (Å²) in [5.41, 5.74) is 7.58. The molecule has 0 aromatic heterocycles. The number of nitrogens with two attached hydrogens (primary N) is 1. The molecule has 0 radical (unpaired) electrons. The minimum atomic E-state index is -0.105. The maximum absolute atomic E-state index is 13.8. The molecule has 1 aromatic carbocycles. The number of ether oxygens (including phenoxy) is 1. The zero-order valence-electron chi connectivity index (χ0n) is 13.2. The van der Waals surface area contributed by atoms with Crippen LogP contribution in [-0.4, -0.2) is 19.3 Å². The molecule has 0 aliphatic heterocycles. The molecule has 21 heavy (non-hydrogen) atoms. The van der Waals surface area contributed by atoms with Crippen LogP contribution in [0, 0.1) is 5.82 Å². The van der Waals surface area contributed by atoms with Gasteiger partial charge in [0.15, 0.2) is 0 Å². The summed E-state index contributed by atoms with van der Waals surface area (Å²) < 4.78 is 19.6. The van der Waals surface area contributed by atoms with Gasteiger partial charge in [0.05, 0.1) is 5.60 Å². The Labute approximate surface area is 127 Å². The van der Waals surface area contributed by atoms with Gasteiger partial charge in [0.2, 0.25) is 0 Å². The van der Waals surface area contributed by atoms with Gasteiger partial charge < -0.3 is 10.5 Å². The van der Waals surface area contributed by atoms with Crippen LogP contribution in [0.15, 0.2) is 18.2 Å². The lowest BCUT2D eigenvalue weighted by Gasteiger charge is -2.36. The molecule has 1 aromatic rings. The van der Waals surface area contributed by atoms with Crippen LogP contribution in [0.5, 0.6) is 0 Å². The van der Waals surface area contributed by atoms with Crippen LogP contribution in [0.4, 0.5) is 4.39 Å². The van der Waals surface area contributed by atoms with E-state index in [2.05, 4.69) is 0 Å². The monoisotopic (exact) mass is 293 g/mol. The molecule has 2 nitrogen and oxygen atoms in total. The third kappa shape index (κ3) is 4.52. The SMILES string of the molecule is COC1(CCc2ccc(F)c(CCCN)c2)CCCCC1. The Morgan fingerprint density at radius 2 is 1.95 bits per heavy atom. The number of benzene rings is 1. The first kappa shape index (κ1) is 16.4. The third-order valence-electron chi connectivity index (χ3n) is 4.83. The number of halogens is 1. The molecule has 0 saturated heterocycles. The van der Waals surface area contributed by atoms with Crippen LogP contribution in [0.2, 0.25) is 0 Å². The Kier molecular flexibility index (Phi) is 6.19. The van der Waals surface area contributed by atoms with Crippen molar-refractivity contribution in [3.63, 3.8) is 0 Å². The summed E-state index contributed by atoms with van der Waals surface area (Å²) in [5.74, 6) is -0.105. The van der Waals surface area contributed by atoms with E-state index in [1.807, 2.05) is 19.2 Å². The fourth-order valence-corrected chi connectivity index (χ4v) is 3.39. The Hall–Kier alpha value is -0.930. The zero-order chi connectivity index (χ0) is 15.1. The zero-order valence-corrected chi connectivity index (χ0v) is 13.2. The van der Waals surface area contributed by atoms with Crippen molar-refractivity contribution in [1.29, 1.82) is 0 Å². The lowest BCUT2D eigenvalue weighted by atomic mass is 9.80. The molecule has 0 bridgehead atoms. The van der Waals surface area contributed by atoms with Gasteiger partial charge in [-0.25, -0.2) is 4.39 Å². The van der Waals surface area contributed by atoms with Crippen molar-refractivity contribution in [1.82, 2.24) is 0 Å². The van der Waals surface area contributed by atoms with Crippen molar-refractivity contribution in [3.8, 4) is 0 Å². The highest BCUT2D eigenvalue weighted by molar-refractivity contribution is 5.25. The van der Waals surface area contributed by atoms with E-state index in [0.717, 1.165) is 44.1 Å². The maximum Gasteiger partial charge on any atom is 0.126 e. The fraction of sp³-hybridized carbons (Fsp3) is 0.667. The molecule has 3 heteroatoms. The molecular formula is C18H28FNO. The third-order valence-corrected chi connectivity index (χ3v) is 4.83. The highest BCUT2D eigenvalue weighted by Gasteiger charge is 2.31. The first-order valence-corrected chi connectivity index (χ1v) is 8.22. The average molecular weight is 293 g/mol. The van der Waals surface area contributed by atoms with Gasteiger partial charge in [0, 0.05) is 7.11 Å². The largest absolute Gasteiger partial charge is 0.378 e. The van der Waals surface area contributed by atoms with Crippen molar-refractivity contribution < 1.29 is 9.13 Å². The standard InChI is InChI=1S/C18H28FNO/c1-21-18(10-3-2-4-11-18)12-9-15-7-8-17(19)16(14-15)6-5-13-20/h7-8,14H,2-6,9-13,20H2,1H3. The van der Waals surface area contributed by atoms with E-state index in [4.69, 9.17) is 10.5 Å². The first-order chi connectivity index (χ1) is 10.2. The van der Waals surface area contributed by atoms with Crippen LogP contribution >= 0.6 is 0 Å². The Morgan fingerprint density at radius 1 is 1.19 bits per heavy atom. The van der Waals surface area contributed by atoms with Gasteiger partial charge in [-0.05, 0) is 62.3 Å². The van der Waals surface area contributed by atoms with Crippen LogP contribution < -0.4 is 5.73 Å². The smallest absolute Gasteiger partial charge is 0.126 e. The van der Waals surface area contributed by atoms with E-state index in [1.165, 1.54) is 24.8 Å². The molecule has 0 spiro atoms. The maximum atomic E-state index is 13.8. The molecule has 0 atom stereocenters. The summed E-state index contributed by atoms with van der Waals surface area (Å²) in [6.07, 6.45) is 9.72. The Balaban J connectivity index is 1.98. The molecule has 0 amide bonds. The van der Waals surface area contributed by atoms with Crippen LogP contribution in [0.3, 0.4) is 0 Å². The van der Waals surface area contributed by atoms with Crippen molar-refractivity contribution in [2.45, 2.75) is 63.4 Å². The van der Waals surface area contributed by atoms with E-state index in [-0.39, 0.29) is 11.4 Å². The number of aryl methyl sites for hydroxylation is 2.